The van der Waals surface area contributed by atoms with E-state index < -0.39 is 17.7 Å². The van der Waals surface area contributed by atoms with Gasteiger partial charge in [0.15, 0.2) is 6.29 Å². The molecule has 12 heteroatoms. The summed E-state index contributed by atoms with van der Waals surface area (Å²) in [4.78, 5) is 34.3. The van der Waals surface area contributed by atoms with Gasteiger partial charge in [-0.1, -0.05) is 42.3 Å². The number of oxime groups is 1. The number of hydrogen-bond acceptors (Lipinski definition) is 10. The maximum atomic E-state index is 14.7. The maximum absolute atomic E-state index is 14.7. The van der Waals surface area contributed by atoms with Crippen molar-refractivity contribution < 1.29 is 48.0 Å². The number of carbonyl (C=O) groups excluding carboxylic acids is 2. The molecule has 1 aliphatic heterocycles. The lowest BCUT2D eigenvalue weighted by molar-refractivity contribution is -0.258. The Morgan fingerprint density at radius 2 is 1.75 bits per heavy atom. The van der Waals surface area contributed by atoms with Crippen LogP contribution < -0.4 is 14.2 Å². The van der Waals surface area contributed by atoms with Crippen LogP contribution in [0.5, 0.6) is 23.0 Å². The standard InChI is InChI=1S/C48H57FN2O9/c1-4-24-57-48-44(51(47(55)32-14-15-32)29-31-12-16-35(49)17-13-31)28-41(50-58-5-2)39-26-33(10-6-8-22-52)38(11-7-9-23-53)45(46(39)48)40-27-37(19-21-43(40)60-48)59-36-18-20-42(56-3)34(25-36)30-54/h4,12-13,16-21,25-27,30,32-33,38,44-46,52-53H,1,5-11,14-15,22-24,28-29H2,2-3H3/t33-,38+,44-,45+,46+,48+/m0/s1. The second kappa shape index (κ2) is 19.6. The Hall–Kier alpha value is -5.04. The molecule has 4 aliphatic rings. The fourth-order valence-corrected chi connectivity index (χ4v) is 9.55. The molecule has 320 valence electrons. The predicted molar refractivity (Wildman–Crippen MR) is 225 cm³/mol. The van der Waals surface area contributed by atoms with E-state index in [9.17, 15) is 24.2 Å². The Labute approximate surface area is 351 Å². The number of unbranched alkanes of at least 4 members (excludes halogenated alkanes) is 2. The summed E-state index contributed by atoms with van der Waals surface area (Å²) in [7, 11) is 1.51. The Balaban J connectivity index is 1.44. The van der Waals surface area contributed by atoms with E-state index in [0.29, 0.717) is 53.7 Å². The summed E-state index contributed by atoms with van der Waals surface area (Å²) in [5, 5.41) is 24.6. The van der Waals surface area contributed by atoms with Crippen LogP contribution in [0.15, 0.2) is 90.1 Å². The molecule has 0 saturated heterocycles. The summed E-state index contributed by atoms with van der Waals surface area (Å²) in [6.07, 6.45) is 11.0. The van der Waals surface area contributed by atoms with Crippen molar-refractivity contribution in [2.75, 3.05) is 33.5 Å². The van der Waals surface area contributed by atoms with Gasteiger partial charge < -0.3 is 38.9 Å². The molecule has 6 atom stereocenters. The number of aliphatic hydroxyl groups is 2. The summed E-state index contributed by atoms with van der Waals surface area (Å²) in [5.41, 5.74) is 3.68. The van der Waals surface area contributed by atoms with Gasteiger partial charge >= 0.3 is 0 Å². The largest absolute Gasteiger partial charge is 0.496 e. The first kappa shape index (κ1) is 43.1. The first-order valence-corrected chi connectivity index (χ1v) is 21.3. The van der Waals surface area contributed by atoms with Gasteiger partial charge in [0.05, 0.1) is 30.9 Å². The first-order valence-electron chi connectivity index (χ1n) is 21.3. The Bertz CT molecular complexity index is 2050. The van der Waals surface area contributed by atoms with E-state index in [0.717, 1.165) is 61.5 Å². The molecular weight excluding hydrogens is 768 g/mol. The van der Waals surface area contributed by atoms with Crippen molar-refractivity contribution >= 4 is 17.9 Å². The Morgan fingerprint density at radius 3 is 2.43 bits per heavy atom. The van der Waals surface area contributed by atoms with Crippen LogP contribution in [0.2, 0.25) is 0 Å². The van der Waals surface area contributed by atoms with Crippen molar-refractivity contribution in [3.63, 3.8) is 0 Å². The SMILES string of the molecule is C=CCO[C@@]12Oc3ccc(Oc4ccc(OC)c(C=O)c4)cc3[C@H]3[C@H](CCCCO)[C@@H](CCCCO)C=C(C(=NOCC)C[C@@H]1N(Cc1ccc(F)cc1)C(=O)C1CC1)[C@H]32. The number of benzene rings is 3. The van der Waals surface area contributed by atoms with Crippen LogP contribution in [0.3, 0.4) is 0 Å². The smallest absolute Gasteiger partial charge is 0.239 e. The molecule has 0 unspecified atom stereocenters. The lowest BCUT2D eigenvalue weighted by atomic mass is 9.55. The monoisotopic (exact) mass is 824 g/mol. The molecule has 1 heterocycles. The third-order valence-electron chi connectivity index (χ3n) is 12.4. The van der Waals surface area contributed by atoms with Gasteiger partial charge in [0.2, 0.25) is 11.7 Å². The number of halogens is 1. The number of rotatable bonds is 21. The predicted octanol–water partition coefficient (Wildman–Crippen LogP) is 8.53. The summed E-state index contributed by atoms with van der Waals surface area (Å²) in [6, 6.07) is 16.4. The summed E-state index contributed by atoms with van der Waals surface area (Å²) >= 11 is 0. The van der Waals surface area contributed by atoms with E-state index >= 15 is 0 Å². The molecule has 11 nitrogen and oxygen atoms in total. The molecule has 0 radical (unpaired) electrons. The van der Waals surface area contributed by atoms with Crippen LogP contribution in [0.25, 0.3) is 0 Å². The third kappa shape index (κ3) is 9.01. The molecule has 3 aromatic rings. The fourth-order valence-electron chi connectivity index (χ4n) is 9.55. The summed E-state index contributed by atoms with van der Waals surface area (Å²) in [6.45, 7) is 6.74. The van der Waals surface area contributed by atoms with Gasteiger partial charge in [-0.05, 0) is 117 Å². The summed E-state index contributed by atoms with van der Waals surface area (Å²) < 4.78 is 40.4. The quantitative estimate of drug-likeness (QED) is 0.0469. The zero-order valence-electron chi connectivity index (χ0n) is 34.6. The fraction of sp³-hybridized carbons (Fsp3) is 0.479. The molecule has 3 aliphatic carbocycles. The Kier molecular flexibility index (Phi) is 14.0. The second-order valence-electron chi connectivity index (χ2n) is 16.2. The minimum absolute atomic E-state index is 0.0184. The van der Waals surface area contributed by atoms with E-state index in [1.807, 2.05) is 30.0 Å². The Morgan fingerprint density at radius 1 is 1.02 bits per heavy atom. The average molecular weight is 825 g/mol. The topological polar surface area (TPSA) is 136 Å². The number of ether oxygens (including phenoxy) is 4. The minimum Gasteiger partial charge on any atom is -0.496 e. The van der Waals surface area contributed by atoms with E-state index in [-0.39, 0.29) is 68.2 Å². The van der Waals surface area contributed by atoms with Crippen molar-refractivity contribution in [1.29, 1.82) is 0 Å². The highest BCUT2D eigenvalue weighted by Crippen LogP contribution is 2.62. The van der Waals surface area contributed by atoms with E-state index in [4.69, 9.17) is 28.9 Å². The number of carbonyl (C=O) groups is 2. The number of aldehydes is 1. The average Bonchev–Trinajstić information content (AvgIpc) is 4.12. The molecule has 3 aromatic carbocycles. The molecule has 0 bridgehead atoms. The van der Waals surface area contributed by atoms with Crippen LogP contribution >= 0.6 is 0 Å². The highest BCUT2D eigenvalue weighted by atomic mass is 19.1. The second-order valence-corrected chi connectivity index (χ2v) is 16.2. The number of nitrogens with zero attached hydrogens (tertiary/aromatic N) is 2. The van der Waals surface area contributed by atoms with Gasteiger partial charge in [0.25, 0.3) is 0 Å². The van der Waals surface area contributed by atoms with Gasteiger partial charge in [0.1, 0.15) is 41.5 Å². The highest BCUT2D eigenvalue weighted by molar-refractivity contribution is 6.03. The van der Waals surface area contributed by atoms with Crippen molar-refractivity contribution in [2.24, 2.45) is 28.8 Å². The van der Waals surface area contributed by atoms with Crippen LogP contribution in [-0.4, -0.2) is 78.4 Å². The van der Waals surface area contributed by atoms with Gasteiger partial charge in [-0.15, -0.1) is 6.58 Å². The van der Waals surface area contributed by atoms with E-state index in [1.54, 1.807) is 36.4 Å². The van der Waals surface area contributed by atoms with Crippen molar-refractivity contribution in [1.82, 2.24) is 4.90 Å². The number of fused-ring (bicyclic) bond motifs is 2. The molecule has 1 amide bonds. The lowest BCUT2D eigenvalue weighted by Gasteiger charge is -2.60. The molecular formula is C48H57FN2O9. The molecule has 2 fully saturated rings. The lowest BCUT2D eigenvalue weighted by Crippen LogP contribution is -2.70. The zero-order valence-corrected chi connectivity index (χ0v) is 34.6. The number of amides is 1. The van der Waals surface area contributed by atoms with Crippen LogP contribution in [0.1, 0.15) is 92.1 Å². The van der Waals surface area contributed by atoms with Gasteiger partial charge in [-0.3, -0.25) is 9.59 Å². The molecule has 0 spiro atoms. The van der Waals surface area contributed by atoms with Crippen molar-refractivity contribution in [3.8, 4) is 23.0 Å². The molecule has 0 aromatic heterocycles. The third-order valence-corrected chi connectivity index (χ3v) is 12.4. The molecule has 7 rings (SSSR count). The van der Waals surface area contributed by atoms with Crippen molar-refractivity contribution in [3.05, 3.63) is 107 Å². The van der Waals surface area contributed by atoms with Crippen LogP contribution in [-0.2, 0) is 20.9 Å². The summed E-state index contributed by atoms with van der Waals surface area (Å²) in [5.74, 6) is -0.575. The van der Waals surface area contributed by atoms with Gasteiger partial charge in [0, 0.05) is 43.6 Å². The van der Waals surface area contributed by atoms with Gasteiger partial charge in [-0.2, -0.15) is 0 Å². The van der Waals surface area contributed by atoms with Crippen LogP contribution in [0, 0.1) is 29.5 Å². The van der Waals surface area contributed by atoms with Crippen molar-refractivity contribution in [2.45, 2.75) is 89.0 Å². The van der Waals surface area contributed by atoms with E-state index in [1.165, 1.54) is 19.2 Å². The number of aliphatic hydroxyl groups excluding tert-OH is 2. The number of allylic oxidation sites excluding steroid dienone is 1. The minimum atomic E-state index is -1.42. The normalized spacial score (nSPS) is 24.6. The van der Waals surface area contributed by atoms with Crippen LogP contribution in [0.4, 0.5) is 4.39 Å². The molecule has 2 N–H and O–H groups in total. The first-order chi connectivity index (χ1) is 29.3. The highest BCUT2D eigenvalue weighted by Gasteiger charge is 2.66. The maximum Gasteiger partial charge on any atom is 0.239 e. The molecule has 2 saturated carbocycles. The number of hydrogen-bond donors (Lipinski definition) is 2. The van der Waals surface area contributed by atoms with Gasteiger partial charge in [-0.25, -0.2) is 4.39 Å². The zero-order chi connectivity index (χ0) is 42.2. The molecule has 60 heavy (non-hydrogen) atoms. The number of methoxy groups -OCH3 is 1. The van der Waals surface area contributed by atoms with E-state index in [2.05, 4.69) is 12.7 Å².